The smallest absolute Gasteiger partial charge is 0.387 e. The molecule has 1 fully saturated rings. The Kier molecular flexibility index (Phi) is 6.29. The Morgan fingerprint density at radius 1 is 1.19 bits per heavy atom. The SMILES string of the molecule is CC(=O)NC1(C#N)CCC(c2ccc(OC(F)F)c(OC(F)F)c2)CC1. The Labute approximate surface area is 147 Å². The maximum absolute atomic E-state index is 12.5. The first-order valence-corrected chi connectivity index (χ1v) is 7.98. The van der Waals surface area contributed by atoms with Crippen molar-refractivity contribution in [2.75, 3.05) is 0 Å². The first-order chi connectivity index (χ1) is 12.2. The minimum absolute atomic E-state index is 0.0779. The summed E-state index contributed by atoms with van der Waals surface area (Å²) >= 11 is 0. The predicted molar refractivity (Wildman–Crippen MR) is 83.1 cm³/mol. The monoisotopic (exact) mass is 374 g/mol. The highest BCUT2D eigenvalue weighted by Gasteiger charge is 2.36. The third kappa shape index (κ3) is 5.00. The number of ether oxygens (including phenoxy) is 2. The third-order valence-electron chi connectivity index (χ3n) is 4.34. The van der Waals surface area contributed by atoms with E-state index in [1.165, 1.54) is 25.1 Å². The van der Waals surface area contributed by atoms with E-state index >= 15 is 0 Å². The van der Waals surface area contributed by atoms with Crippen LogP contribution in [0, 0.1) is 11.3 Å². The van der Waals surface area contributed by atoms with Gasteiger partial charge in [0.15, 0.2) is 11.5 Å². The molecule has 1 aromatic carbocycles. The lowest BCUT2D eigenvalue weighted by Crippen LogP contribution is -2.48. The van der Waals surface area contributed by atoms with E-state index in [1.807, 2.05) is 0 Å². The number of halogens is 4. The number of hydrogen-bond donors (Lipinski definition) is 1. The molecule has 0 saturated heterocycles. The lowest BCUT2D eigenvalue weighted by atomic mass is 9.74. The standard InChI is InChI=1S/C17H18F4N2O3/c1-10(24)23-17(9-22)6-4-11(5-7-17)12-2-3-13(25-15(18)19)14(8-12)26-16(20)21/h2-3,8,11,15-16H,4-7H2,1H3,(H,23,24). The van der Waals surface area contributed by atoms with Crippen LogP contribution in [0.5, 0.6) is 11.5 Å². The van der Waals surface area contributed by atoms with Gasteiger partial charge in [-0.25, -0.2) is 0 Å². The molecule has 0 spiro atoms. The first-order valence-electron chi connectivity index (χ1n) is 7.98. The summed E-state index contributed by atoms with van der Waals surface area (Å²) in [5.74, 6) is -1.31. The second kappa shape index (κ2) is 8.25. The van der Waals surface area contributed by atoms with E-state index in [-0.39, 0.29) is 11.8 Å². The number of carbonyl (C=O) groups is 1. The molecule has 2 rings (SSSR count). The van der Waals surface area contributed by atoms with E-state index in [0.717, 1.165) is 0 Å². The van der Waals surface area contributed by atoms with Gasteiger partial charge in [0, 0.05) is 6.92 Å². The summed E-state index contributed by atoms with van der Waals surface area (Å²) in [6, 6.07) is 6.06. The molecular weight excluding hydrogens is 356 g/mol. The van der Waals surface area contributed by atoms with Crippen molar-refractivity contribution in [2.24, 2.45) is 0 Å². The van der Waals surface area contributed by atoms with Crippen LogP contribution < -0.4 is 14.8 Å². The van der Waals surface area contributed by atoms with E-state index in [0.29, 0.717) is 31.2 Å². The van der Waals surface area contributed by atoms with Crippen molar-refractivity contribution in [2.45, 2.75) is 57.3 Å². The van der Waals surface area contributed by atoms with Crippen LogP contribution in [-0.2, 0) is 4.79 Å². The van der Waals surface area contributed by atoms with Crippen LogP contribution in [0.15, 0.2) is 18.2 Å². The molecule has 1 aliphatic rings. The van der Waals surface area contributed by atoms with Gasteiger partial charge in [-0.2, -0.15) is 22.8 Å². The molecule has 1 N–H and O–H groups in total. The molecular formula is C17H18F4N2O3. The Hall–Kier alpha value is -2.50. The van der Waals surface area contributed by atoms with Crippen LogP contribution in [0.1, 0.15) is 44.1 Å². The zero-order chi connectivity index (χ0) is 19.3. The van der Waals surface area contributed by atoms with Crippen LogP contribution in [0.3, 0.4) is 0 Å². The molecule has 0 aliphatic heterocycles. The van der Waals surface area contributed by atoms with Gasteiger partial charge in [-0.05, 0) is 49.3 Å². The molecule has 0 aromatic heterocycles. The number of rotatable bonds is 6. The summed E-state index contributed by atoms with van der Waals surface area (Å²) in [5, 5.41) is 12.0. The fraction of sp³-hybridized carbons (Fsp3) is 0.529. The van der Waals surface area contributed by atoms with E-state index in [9.17, 15) is 27.6 Å². The molecule has 142 valence electrons. The van der Waals surface area contributed by atoms with Crippen LogP contribution in [0.2, 0.25) is 0 Å². The van der Waals surface area contributed by atoms with Gasteiger partial charge in [-0.1, -0.05) is 6.07 Å². The molecule has 0 atom stereocenters. The van der Waals surface area contributed by atoms with E-state index < -0.39 is 30.3 Å². The molecule has 26 heavy (non-hydrogen) atoms. The molecule has 9 heteroatoms. The summed E-state index contributed by atoms with van der Waals surface area (Å²) in [4.78, 5) is 11.3. The van der Waals surface area contributed by atoms with E-state index in [1.54, 1.807) is 0 Å². The molecule has 0 heterocycles. The number of nitrogens with zero attached hydrogens (tertiary/aromatic N) is 1. The van der Waals surface area contributed by atoms with Crippen molar-refractivity contribution < 1.29 is 31.8 Å². The number of nitrogens with one attached hydrogen (secondary N) is 1. The second-order valence-electron chi connectivity index (χ2n) is 6.11. The third-order valence-corrected chi connectivity index (χ3v) is 4.34. The van der Waals surface area contributed by atoms with Gasteiger partial charge in [-0.15, -0.1) is 0 Å². The maximum atomic E-state index is 12.5. The average Bonchev–Trinajstić information content (AvgIpc) is 2.55. The van der Waals surface area contributed by atoms with E-state index in [2.05, 4.69) is 20.9 Å². The number of alkyl halides is 4. The van der Waals surface area contributed by atoms with Crippen LogP contribution in [0.4, 0.5) is 17.6 Å². The molecule has 1 aromatic rings. The molecule has 0 bridgehead atoms. The highest BCUT2D eigenvalue weighted by molar-refractivity contribution is 5.74. The lowest BCUT2D eigenvalue weighted by molar-refractivity contribution is -0.120. The van der Waals surface area contributed by atoms with Crippen molar-refractivity contribution in [3.05, 3.63) is 23.8 Å². The van der Waals surface area contributed by atoms with Gasteiger partial charge in [-0.3, -0.25) is 4.79 Å². The molecule has 1 saturated carbocycles. The summed E-state index contributed by atoms with van der Waals surface area (Å²) in [6.07, 6.45) is 1.84. The fourth-order valence-corrected chi connectivity index (χ4v) is 3.21. The quantitative estimate of drug-likeness (QED) is 0.766. The number of carbonyl (C=O) groups excluding carboxylic acids is 1. The molecule has 1 amide bonds. The van der Waals surface area contributed by atoms with Crippen LogP contribution in [-0.4, -0.2) is 24.7 Å². The van der Waals surface area contributed by atoms with Gasteiger partial charge in [0.25, 0.3) is 0 Å². The minimum atomic E-state index is -3.18. The number of benzene rings is 1. The molecule has 5 nitrogen and oxygen atoms in total. The number of hydrogen-bond acceptors (Lipinski definition) is 4. The van der Waals surface area contributed by atoms with Crippen molar-refractivity contribution in [1.82, 2.24) is 5.32 Å². The zero-order valence-corrected chi connectivity index (χ0v) is 14.0. The Balaban J connectivity index is 2.17. The Morgan fingerprint density at radius 2 is 1.77 bits per heavy atom. The van der Waals surface area contributed by atoms with Crippen molar-refractivity contribution in [3.8, 4) is 17.6 Å². The normalized spacial score (nSPS) is 22.8. The number of amides is 1. The zero-order valence-electron chi connectivity index (χ0n) is 14.0. The predicted octanol–water partition coefficient (Wildman–Crippen LogP) is 3.95. The van der Waals surface area contributed by atoms with Crippen LogP contribution >= 0.6 is 0 Å². The van der Waals surface area contributed by atoms with Gasteiger partial charge >= 0.3 is 13.2 Å². The van der Waals surface area contributed by atoms with Gasteiger partial charge < -0.3 is 14.8 Å². The average molecular weight is 374 g/mol. The van der Waals surface area contributed by atoms with E-state index in [4.69, 9.17) is 0 Å². The first kappa shape index (κ1) is 19.8. The van der Waals surface area contributed by atoms with Gasteiger partial charge in [0.1, 0.15) is 5.54 Å². The largest absolute Gasteiger partial charge is 0.431 e. The van der Waals surface area contributed by atoms with Gasteiger partial charge in [0.2, 0.25) is 5.91 Å². The Morgan fingerprint density at radius 3 is 2.27 bits per heavy atom. The van der Waals surface area contributed by atoms with Crippen molar-refractivity contribution in [3.63, 3.8) is 0 Å². The highest BCUT2D eigenvalue weighted by atomic mass is 19.3. The Bertz CT molecular complexity index is 683. The summed E-state index contributed by atoms with van der Waals surface area (Å²) in [7, 11) is 0. The molecule has 1 aliphatic carbocycles. The number of nitriles is 1. The summed E-state index contributed by atoms with van der Waals surface area (Å²) in [6.45, 7) is -5.01. The van der Waals surface area contributed by atoms with Gasteiger partial charge in [0.05, 0.1) is 6.07 Å². The molecule has 0 radical (unpaired) electrons. The highest BCUT2D eigenvalue weighted by Crippen LogP contribution is 2.41. The fourth-order valence-electron chi connectivity index (χ4n) is 3.21. The lowest BCUT2D eigenvalue weighted by Gasteiger charge is -2.35. The topological polar surface area (TPSA) is 71.4 Å². The minimum Gasteiger partial charge on any atom is -0.431 e. The summed E-state index contributed by atoms with van der Waals surface area (Å²) < 4.78 is 58.4. The van der Waals surface area contributed by atoms with Crippen LogP contribution in [0.25, 0.3) is 0 Å². The summed E-state index contributed by atoms with van der Waals surface area (Å²) in [5.41, 5.74) is -0.319. The van der Waals surface area contributed by atoms with Crippen molar-refractivity contribution >= 4 is 5.91 Å². The second-order valence-corrected chi connectivity index (χ2v) is 6.11. The maximum Gasteiger partial charge on any atom is 0.387 e. The van der Waals surface area contributed by atoms with Crippen molar-refractivity contribution in [1.29, 1.82) is 5.26 Å². The molecule has 0 unspecified atom stereocenters.